The minimum atomic E-state index is 0.134. The fourth-order valence-corrected chi connectivity index (χ4v) is 2.78. The van der Waals surface area contributed by atoms with Gasteiger partial charge in [-0.2, -0.15) is 0 Å². The van der Waals surface area contributed by atoms with Crippen LogP contribution in [0.4, 0.5) is 0 Å². The van der Waals surface area contributed by atoms with Gasteiger partial charge in [0.05, 0.1) is 12.1 Å². The molecule has 106 valence electrons. The molecule has 3 unspecified atom stereocenters. The molecule has 1 aromatic rings. The fourth-order valence-electron chi connectivity index (χ4n) is 2.78. The summed E-state index contributed by atoms with van der Waals surface area (Å²) in [5.41, 5.74) is 7.58. The van der Waals surface area contributed by atoms with Gasteiger partial charge in [-0.15, -0.1) is 0 Å². The highest BCUT2D eigenvalue weighted by Crippen LogP contribution is 2.26. The van der Waals surface area contributed by atoms with Crippen LogP contribution in [0.15, 0.2) is 24.5 Å². The molecule has 2 rings (SSSR count). The highest BCUT2D eigenvalue weighted by Gasteiger charge is 2.28. The minimum absolute atomic E-state index is 0.134. The quantitative estimate of drug-likeness (QED) is 0.902. The zero-order chi connectivity index (χ0) is 13.7. The van der Waals surface area contributed by atoms with Gasteiger partial charge in [-0.05, 0) is 31.4 Å². The Hall–Kier alpha value is -0.970. The second-order valence-electron chi connectivity index (χ2n) is 5.33. The molecule has 3 atom stereocenters. The van der Waals surface area contributed by atoms with E-state index in [-0.39, 0.29) is 18.2 Å². The van der Waals surface area contributed by atoms with Gasteiger partial charge in [0, 0.05) is 38.1 Å². The van der Waals surface area contributed by atoms with Gasteiger partial charge in [-0.25, -0.2) is 0 Å². The Labute approximate surface area is 116 Å². The second-order valence-corrected chi connectivity index (χ2v) is 5.33. The summed E-state index contributed by atoms with van der Waals surface area (Å²) >= 11 is 0. The van der Waals surface area contributed by atoms with E-state index in [1.165, 1.54) is 5.56 Å². The lowest BCUT2D eigenvalue weighted by atomic mass is 9.97. The van der Waals surface area contributed by atoms with Gasteiger partial charge in [-0.3, -0.25) is 9.88 Å². The number of hydrogen-bond donors (Lipinski definition) is 1. The van der Waals surface area contributed by atoms with Crippen molar-refractivity contribution in [2.75, 3.05) is 19.7 Å². The van der Waals surface area contributed by atoms with Crippen molar-refractivity contribution in [1.29, 1.82) is 0 Å². The monoisotopic (exact) mass is 263 g/mol. The molecule has 0 saturated carbocycles. The summed E-state index contributed by atoms with van der Waals surface area (Å²) < 4.78 is 5.73. The first kappa shape index (κ1) is 14.4. The molecule has 2 N–H and O–H groups in total. The molecule has 1 aliphatic heterocycles. The molecule has 0 spiro atoms. The van der Waals surface area contributed by atoms with E-state index >= 15 is 0 Å². The van der Waals surface area contributed by atoms with Gasteiger partial charge < -0.3 is 10.5 Å². The molecule has 4 nitrogen and oxygen atoms in total. The van der Waals surface area contributed by atoms with Crippen LogP contribution in [0.25, 0.3) is 0 Å². The van der Waals surface area contributed by atoms with Crippen molar-refractivity contribution in [2.24, 2.45) is 5.73 Å². The van der Waals surface area contributed by atoms with Gasteiger partial charge in [0.15, 0.2) is 0 Å². The Kier molecular flexibility index (Phi) is 5.31. The van der Waals surface area contributed by atoms with Crippen LogP contribution < -0.4 is 5.73 Å². The van der Waals surface area contributed by atoms with Crippen LogP contribution in [0.1, 0.15) is 38.3 Å². The fraction of sp³-hybridized carbons (Fsp3) is 0.667. The zero-order valence-electron chi connectivity index (χ0n) is 12.0. The largest absolute Gasteiger partial charge is 0.377 e. The van der Waals surface area contributed by atoms with Gasteiger partial charge >= 0.3 is 0 Å². The highest BCUT2D eigenvalue weighted by atomic mass is 16.5. The summed E-state index contributed by atoms with van der Waals surface area (Å²) in [5.74, 6) is 0. The van der Waals surface area contributed by atoms with Gasteiger partial charge in [-0.1, -0.05) is 13.0 Å². The normalized spacial score (nSPS) is 24.7. The Balaban J connectivity index is 2.21. The Morgan fingerprint density at radius 2 is 2.42 bits per heavy atom. The van der Waals surface area contributed by atoms with Crippen molar-refractivity contribution in [3.63, 3.8) is 0 Å². The molecule has 1 saturated heterocycles. The predicted molar refractivity (Wildman–Crippen MR) is 76.8 cm³/mol. The third-order valence-electron chi connectivity index (χ3n) is 3.78. The van der Waals surface area contributed by atoms with E-state index < -0.39 is 0 Å². The number of pyridine rings is 1. The van der Waals surface area contributed by atoms with E-state index in [1.54, 1.807) is 0 Å². The molecule has 0 aliphatic carbocycles. The summed E-state index contributed by atoms with van der Waals surface area (Å²) in [6.07, 6.45) is 6.05. The number of ether oxygens (including phenoxy) is 1. The maximum absolute atomic E-state index is 6.37. The first-order valence-electron chi connectivity index (χ1n) is 7.23. The highest BCUT2D eigenvalue weighted by molar-refractivity contribution is 5.16. The van der Waals surface area contributed by atoms with E-state index in [1.807, 2.05) is 18.5 Å². The smallest absolute Gasteiger partial charge is 0.0674 e. The first-order chi connectivity index (χ1) is 9.22. The summed E-state index contributed by atoms with van der Waals surface area (Å²) in [6.45, 7) is 7.10. The molecule has 0 radical (unpaired) electrons. The summed E-state index contributed by atoms with van der Waals surface area (Å²) in [6, 6.07) is 4.49. The van der Waals surface area contributed by atoms with E-state index in [2.05, 4.69) is 29.8 Å². The van der Waals surface area contributed by atoms with Crippen LogP contribution in [-0.4, -0.2) is 41.7 Å². The average molecular weight is 263 g/mol. The summed E-state index contributed by atoms with van der Waals surface area (Å²) in [4.78, 5) is 6.71. The van der Waals surface area contributed by atoms with Crippen LogP contribution >= 0.6 is 0 Å². The Morgan fingerprint density at radius 3 is 3.11 bits per heavy atom. The molecule has 0 bridgehead atoms. The van der Waals surface area contributed by atoms with E-state index in [0.717, 1.165) is 32.5 Å². The predicted octanol–water partition coefficient (Wildman–Crippen LogP) is 1.97. The van der Waals surface area contributed by atoms with Crippen molar-refractivity contribution in [3.05, 3.63) is 30.1 Å². The molecule has 1 aliphatic rings. The average Bonchev–Trinajstić information content (AvgIpc) is 2.65. The van der Waals surface area contributed by atoms with Crippen molar-refractivity contribution < 1.29 is 4.74 Å². The Morgan fingerprint density at radius 1 is 1.58 bits per heavy atom. The van der Waals surface area contributed by atoms with E-state index in [9.17, 15) is 0 Å². The molecule has 0 aromatic carbocycles. The van der Waals surface area contributed by atoms with Gasteiger partial charge in [0.2, 0.25) is 0 Å². The van der Waals surface area contributed by atoms with Gasteiger partial charge in [0.1, 0.15) is 0 Å². The summed E-state index contributed by atoms with van der Waals surface area (Å²) in [7, 11) is 0. The lowest BCUT2D eigenvalue weighted by Crippen LogP contribution is -2.43. The van der Waals surface area contributed by atoms with Gasteiger partial charge in [0.25, 0.3) is 0 Å². The second kappa shape index (κ2) is 6.98. The molecule has 19 heavy (non-hydrogen) atoms. The molecule has 2 heterocycles. The van der Waals surface area contributed by atoms with Crippen LogP contribution in [0, 0.1) is 0 Å². The standard InChI is InChI=1S/C15H25N3O/c1-3-14(16)15(13-6-4-7-17-10-13)18-8-5-9-19-12(2)11-18/h4,6-7,10,12,14-15H,3,5,8-9,11,16H2,1-2H3. The molecular formula is C15H25N3O. The summed E-state index contributed by atoms with van der Waals surface area (Å²) in [5, 5.41) is 0. The lowest BCUT2D eigenvalue weighted by molar-refractivity contribution is 0.0574. The van der Waals surface area contributed by atoms with E-state index in [4.69, 9.17) is 10.5 Å². The molecular weight excluding hydrogens is 238 g/mol. The maximum atomic E-state index is 6.37. The third kappa shape index (κ3) is 3.75. The molecule has 1 fully saturated rings. The van der Waals surface area contributed by atoms with E-state index in [0.29, 0.717) is 0 Å². The van der Waals surface area contributed by atoms with Crippen LogP contribution in [0.3, 0.4) is 0 Å². The molecule has 0 amide bonds. The first-order valence-corrected chi connectivity index (χ1v) is 7.23. The Bertz CT molecular complexity index is 371. The number of nitrogens with two attached hydrogens (primary N) is 1. The number of hydrogen-bond acceptors (Lipinski definition) is 4. The van der Waals surface area contributed by atoms with Crippen molar-refractivity contribution in [3.8, 4) is 0 Å². The topological polar surface area (TPSA) is 51.4 Å². The van der Waals surface area contributed by atoms with Crippen molar-refractivity contribution >= 4 is 0 Å². The van der Waals surface area contributed by atoms with Crippen LogP contribution in [0.5, 0.6) is 0 Å². The van der Waals surface area contributed by atoms with Crippen LogP contribution in [0.2, 0.25) is 0 Å². The number of rotatable bonds is 4. The SMILES string of the molecule is CCC(N)C(c1cccnc1)N1CCCOC(C)C1. The lowest BCUT2D eigenvalue weighted by Gasteiger charge is -2.35. The minimum Gasteiger partial charge on any atom is -0.377 e. The number of aromatic nitrogens is 1. The zero-order valence-corrected chi connectivity index (χ0v) is 12.0. The van der Waals surface area contributed by atoms with Crippen LogP contribution in [-0.2, 0) is 4.74 Å². The third-order valence-corrected chi connectivity index (χ3v) is 3.78. The van der Waals surface area contributed by atoms with Crippen molar-refractivity contribution in [2.45, 2.75) is 44.9 Å². The molecule has 1 aromatic heterocycles. The van der Waals surface area contributed by atoms with Crippen molar-refractivity contribution in [1.82, 2.24) is 9.88 Å². The maximum Gasteiger partial charge on any atom is 0.0674 e. The molecule has 4 heteroatoms. The number of nitrogens with zero attached hydrogens (tertiary/aromatic N) is 2.